The van der Waals surface area contributed by atoms with E-state index in [4.69, 9.17) is 0 Å². The highest BCUT2D eigenvalue weighted by Crippen LogP contribution is 2.67. The maximum absolute atomic E-state index is 11.4. The van der Waals surface area contributed by atoms with Crippen LogP contribution in [0.15, 0.2) is 12.2 Å². The van der Waals surface area contributed by atoms with Crippen LogP contribution in [0.4, 0.5) is 0 Å². The van der Waals surface area contributed by atoms with Gasteiger partial charge in [-0.2, -0.15) is 0 Å². The summed E-state index contributed by atoms with van der Waals surface area (Å²) in [5.41, 5.74) is -0.655. The molecule has 0 aromatic rings. The number of rotatable bonds is 2. The molecule has 0 bridgehead atoms. The number of hydrogen-bond donors (Lipinski definition) is 2. The molecule has 2 N–H and O–H groups in total. The van der Waals surface area contributed by atoms with Gasteiger partial charge < -0.3 is 10.2 Å². The summed E-state index contributed by atoms with van der Waals surface area (Å²) in [6.07, 6.45) is 7.82. The number of aliphatic hydroxyl groups excluding tert-OH is 1. The molecule has 2 fully saturated rings. The first-order chi connectivity index (χ1) is 11.1. The first-order valence-corrected chi connectivity index (χ1v) is 11.4. The summed E-state index contributed by atoms with van der Waals surface area (Å²) in [6, 6.07) is 0. The molecule has 2 nitrogen and oxygen atoms in total. The number of alkyl halides is 2. The summed E-state index contributed by atoms with van der Waals surface area (Å²) in [5.74, 6) is 1.19. The van der Waals surface area contributed by atoms with E-state index in [2.05, 4.69) is 58.7 Å². The maximum atomic E-state index is 11.4. The van der Waals surface area contributed by atoms with Crippen molar-refractivity contribution in [3.8, 4) is 0 Å². The van der Waals surface area contributed by atoms with Gasteiger partial charge in [0.2, 0.25) is 0 Å². The van der Waals surface area contributed by atoms with Gasteiger partial charge in [0, 0.05) is 16.1 Å². The van der Waals surface area contributed by atoms with Crippen molar-refractivity contribution in [3.63, 3.8) is 0 Å². The quantitative estimate of drug-likeness (QED) is 0.451. The van der Waals surface area contributed by atoms with E-state index in [-0.39, 0.29) is 22.7 Å². The van der Waals surface area contributed by atoms with Crippen LogP contribution in [-0.2, 0) is 0 Å². The van der Waals surface area contributed by atoms with E-state index in [1.165, 1.54) is 0 Å². The zero-order valence-electron chi connectivity index (χ0n) is 15.3. The largest absolute Gasteiger partial charge is 0.390 e. The van der Waals surface area contributed by atoms with Gasteiger partial charge in [-0.1, -0.05) is 64.8 Å². The third-order valence-corrected chi connectivity index (χ3v) is 10.2. The van der Waals surface area contributed by atoms with E-state index in [1.807, 2.05) is 13.0 Å². The molecule has 0 aliphatic heterocycles. The summed E-state index contributed by atoms with van der Waals surface area (Å²) in [5, 5.41) is 23.3. The number of allylic oxidation sites excluding steroid dienone is 1. The molecule has 0 heterocycles. The van der Waals surface area contributed by atoms with Crippen LogP contribution in [0, 0.1) is 34.5 Å². The Morgan fingerprint density at radius 3 is 2.42 bits per heavy atom. The highest BCUT2D eigenvalue weighted by molar-refractivity contribution is 9.09. The predicted molar refractivity (Wildman–Crippen MR) is 107 cm³/mol. The van der Waals surface area contributed by atoms with Crippen molar-refractivity contribution < 1.29 is 10.2 Å². The van der Waals surface area contributed by atoms with Gasteiger partial charge >= 0.3 is 0 Å². The summed E-state index contributed by atoms with van der Waals surface area (Å²) >= 11 is 7.76. The van der Waals surface area contributed by atoms with Gasteiger partial charge in [-0.15, -0.1) is 0 Å². The Balaban J connectivity index is 2.15. The van der Waals surface area contributed by atoms with Crippen LogP contribution in [0.2, 0.25) is 0 Å². The van der Waals surface area contributed by atoms with Crippen molar-refractivity contribution in [1.29, 1.82) is 0 Å². The molecular weight excluding hydrogens is 432 g/mol. The Bertz CT molecular complexity index is 518. The number of fused-ring (bicyclic) bond motifs is 3. The summed E-state index contributed by atoms with van der Waals surface area (Å²) in [4.78, 5) is 0.416. The minimum atomic E-state index is -0.717. The van der Waals surface area contributed by atoms with E-state index in [1.54, 1.807) is 0 Å². The van der Waals surface area contributed by atoms with Crippen molar-refractivity contribution >= 4 is 31.9 Å². The first kappa shape index (κ1) is 19.4. The van der Waals surface area contributed by atoms with E-state index in [9.17, 15) is 10.2 Å². The van der Waals surface area contributed by atoms with Gasteiger partial charge in [-0.05, 0) is 61.2 Å². The Kier molecular flexibility index (Phi) is 5.13. The first-order valence-electron chi connectivity index (χ1n) is 9.39. The molecule has 0 aromatic heterocycles. The highest BCUT2D eigenvalue weighted by atomic mass is 79.9. The molecule has 3 aliphatic rings. The van der Waals surface area contributed by atoms with Crippen molar-refractivity contribution in [2.45, 2.75) is 69.9 Å². The Hall–Kier alpha value is 0.620. The van der Waals surface area contributed by atoms with Gasteiger partial charge in [-0.3, -0.25) is 0 Å². The maximum Gasteiger partial charge on any atom is 0.0758 e. The lowest BCUT2D eigenvalue weighted by Crippen LogP contribution is -2.66. The lowest BCUT2D eigenvalue weighted by molar-refractivity contribution is -0.201. The van der Waals surface area contributed by atoms with E-state index >= 15 is 0 Å². The Morgan fingerprint density at radius 1 is 1.17 bits per heavy atom. The molecule has 0 amide bonds. The lowest BCUT2D eigenvalue weighted by atomic mass is 9.41. The zero-order valence-corrected chi connectivity index (χ0v) is 18.5. The fourth-order valence-corrected chi connectivity index (χ4v) is 8.29. The summed E-state index contributed by atoms with van der Waals surface area (Å²) in [6.45, 7) is 8.91. The average molecular weight is 464 g/mol. The van der Waals surface area contributed by atoms with Gasteiger partial charge in [0.1, 0.15) is 0 Å². The van der Waals surface area contributed by atoms with Crippen LogP contribution in [0.3, 0.4) is 0 Å². The average Bonchev–Trinajstić information content (AvgIpc) is 2.51. The second-order valence-corrected chi connectivity index (χ2v) is 11.1. The smallest absolute Gasteiger partial charge is 0.0758 e. The van der Waals surface area contributed by atoms with Crippen LogP contribution >= 0.6 is 31.9 Å². The molecule has 2 saturated carbocycles. The second-order valence-electron chi connectivity index (χ2n) is 9.38. The van der Waals surface area contributed by atoms with E-state index < -0.39 is 11.7 Å². The molecule has 0 saturated heterocycles. The normalized spacial score (nSPS) is 54.5. The molecule has 24 heavy (non-hydrogen) atoms. The topological polar surface area (TPSA) is 40.5 Å². The molecule has 0 aromatic carbocycles. The molecule has 0 radical (unpaired) electrons. The van der Waals surface area contributed by atoms with Crippen molar-refractivity contribution in [2.24, 2.45) is 34.5 Å². The third-order valence-electron chi connectivity index (χ3n) is 7.67. The minimum Gasteiger partial charge on any atom is -0.390 e. The summed E-state index contributed by atoms with van der Waals surface area (Å²) < 4.78 is 0. The third kappa shape index (κ3) is 2.61. The van der Waals surface area contributed by atoms with Crippen LogP contribution < -0.4 is 0 Å². The monoisotopic (exact) mass is 462 g/mol. The fourth-order valence-electron chi connectivity index (χ4n) is 6.52. The number of aliphatic hydroxyl groups is 2. The molecule has 3 rings (SSSR count). The Labute approximate surface area is 163 Å². The van der Waals surface area contributed by atoms with Gasteiger partial charge in [0.15, 0.2) is 0 Å². The molecule has 138 valence electrons. The van der Waals surface area contributed by atoms with Gasteiger partial charge in [0.05, 0.1) is 11.7 Å². The van der Waals surface area contributed by atoms with Crippen LogP contribution in [0.25, 0.3) is 0 Å². The molecule has 3 aliphatic carbocycles. The van der Waals surface area contributed by atoms with Crippen molar-refractivity contribution in [2.75, 3.05) is 5.33 Å². The standard InChI is InChI=1S/C20H32Br2O2/c1-12(2)13-5-6-14(23)16-17-18(3,9-10-20(13,16)11-21)15(22)7-8-19(17,4)24/h5-6,12-17,23-24H,7-11H2,1-4H3/t13-,14-,15-,16-,17-,18+,19+,20-/m0/s1. The van der Waals surface area contributed by atoms with Crippen LogP contribution in [0.5, 0.6) is 0 Å². The van der Waals surface area contributed by atoms with Gasteiger partial charge in [-0.25, -0.2) is 0 Å². The number of hydrogen-bond acceptors (Lipinski definition) is 2. The number of halogens is 2. The Morgan fingerprint density at radius 2 is 1.83 bits per heavy atom. The predicted octanol–water partition coefficient (Wildman–Crippen LogP) is 4.91. The van der Waals surface area contributed by atoms with Crippen molar-refractivity contribution in [3.05, 3.63) is 12.2 Å². The van der Waals surface area contributed by atoms with Crippen molar-refractivity contribution in [1.82, 2.24) is 0 Å². The van der Waals surface area contributed by atoms with Crippen LogP contribution in [-0.4, -0.2) is 32.1 Å². The fraction of sp³-hybridized carbons (Fsp3) is 0.900. The zero-order chi connectivity index (χ0) is 17.9. The van der Waals surface area contributed by atoms with E-state index in [0.29, 0.717) is 16.7 Å². The minimum absolute atomic E-state index is 0.0283. The summed E-state index contributed by atoms with van der Waals surface area (Å²) in [7, 11) is 0. The molecule has 8 atom stereocenters. The molecule has 4 heteroatoms. The molecule has 0 unspecified atom stereocenters. The highest BCUT2D eigenvalue weighted by Gasteiger charge is 2.65. The lowest BCUT2D eigenvalue weighted by Gasteiger charge is -2.66. The van der Waals surface area contributed by atoms with Gasteiger partial charge in [0.25, 0.3) is 0 Å². The second kappa shape index (κ2) is 6.35. The van der Waals surface area contributed by atoms with Crippen LogP contribution in [0.1, 0.15) is 53.4 Å². The SMILES string of the molecule is CC(C)[C@@H]1C=C[C@H](O)[C@H]2[C@H]3[C@](C)(CC[C@@]21CBr)[C@@H](Br)CC[C@@]3(C)O. The van der Waals surface area contributed by atoms with E-state index in [0.717, 1.165) is 31.0 Å². The molecular formula is C20H32Br2O2. The molecule has 0 spiro atoms.